The van der Waals surface area contributed by atoms with Crippen molar-refractivity contribution in [2.75, 3.05) is 0 Å². The lowest BCUT2D eigenvalue weighted by Crippen LogP contribution is -2.30. The minimum atomic E-state index is -1.94. The Hall–Kier alpha value is -0.640. The molecule has 11 heavy (non-hydrogen) atoms. The number of rotatable bonds is 1. The van der Waals surface area contributed by atoms with Crippen molar-refractivity contribution in [1.29, 1.82) is 0 Å². The van der Waals surface area contributed by atoms with Gasteiger partial charge in [0, 0.05) is 0 Å². The minimum absolute atomic E-state index is 1.13. The Morgan fingerprint density at radius 2 is 2.27 bits per heavy atom. The van der Waals surface area contributed by atoms with Crippen LogP contribution in [0, 0.1) is 5.92 Å². The lowest BCUT2D eigenvalue weighted by atomic mass is 9.99. The molecule has 2 unspecified atom stereocenters. The summed E-state index contributed by atoms with van der Waals surface area (Å²) in [5.41, 5.74) is 0. The van der Waals surface area contributed by atoms with Crippen molar-refractivity contribution < 1.29 is 14.3 Å². The first-order chi connectivity index (χ1) is 5.04. The second kappa shape index (κ2) is 2.77. The number of hydrogen-bond donors (Lipinski definition) is 1. The molecule has 1 rings (SSSR count). The van der Waals surface area contributed by atoms with E-state index in [9.17, 15) is 9.18 Å². The van der Waals surface area contributed by atoms with Crippen LogP contribution in [0.15, 0.2) is 24.3 Å². The van der Waals surface area contributed by atoms with E-state index in [1.807, 2.05) is 0 Å². The third-order valence-corrected chi connectivity index (χ3v) is 2.17. The largest absolute Gasteiger partial charge is 0.481 e. The maximum atomic E-state index is 13.2. The number of alkyl halides is 2. The zero-order valence-corrected chi connectivity index (χ0v) is 7.08. The summed E-state index contributed by atoms with van der Waals surface area (Å²) in [6.45, 7) is 0. The average Bonchev–Trinajstić information content (AvgIpc) is 1.85. The molecule has 0 bridgehead atoms. The van der Waals surface area contributed by atoms with Crippen LogP contribution < -0.4 is 0 Å². The topological polar surface area (TPSA) is 37.3 Å². The Morgan fingerprint density at radius 3 is 2.64 bits per heavy atom. The van der Waals surface area contributed by atoms with Crippen molar-refractivity contribution >= 4 is 21.9 Å². The molecule has 1 aliphatic carbocycles. The van der Waals surface area contributed by atoms with Crippen LogP contribution in [0.4, 0.5) is 4.39 Å². The Labute approximate surface area is 71.5 Å². The Balaban J connectivity index is 2.89. The molecule has 60 valence electrons. The highest BCUT2D eigenvalue weighted by molar-refractivity contribution is 9.10. The number of aliphatic carboxylic acids is 1. The molecular weight excluding hydrogens is 215 g/mol. The average molecular weight is 221 g/mol. The van der Waals surface area contributed by atoms with Gasteiger partial charge in [-0.2, -0.15) is 0 Å². The minimum Gasteiger partial charge on any atom is -0.481 e. The lowest BCUT2D eigenvalue weighted by Gasteiger charge is -2.21. The van der Waals surface area contributed by atoms with Gasteiger partial charge in [0.25, 0.3) is 0 Å². The maximum absolute atomic E-state index is 13.2. The van der Waals surface area contributed by atoms with Gasteiger partial charge in [-0.25, -0.2) is 4.39 Å². The second-order valence-electron chi connectivity index (χ2n) is 2.23. The fraction of sp³-hybridized carbons (Fsp3) is 0.286. The molecule has 0 saturated heterocycles. The van der Waals surface area contributed by atoms with Crippen molar-refractivity contribution in [3.8, 4) is 0 Å². The Bertz CT molecular complexity index is 233. The van der Waals surface area contributed by atoms with E-state index in [4.69, 9.17) is 5.11 Å². The van der Waals surface area contributed by atoms with Crippen LogP contribution in [-0.4, -0.2) is 15.7 Å². The summed E-state index contributed by atoms with van der Waals surface area (Å²) in [5, 5.41) is 8.52. The standard InChI is InChI=1S/C7H6BrFO2/c8-7(9)4-2-1-3-5(7)6(10)11/h1-5H,(H,10,11). The summed E-state index contributed by atoms with van der Waals surface area (Å²) in [4.78, 5) is 10.4. The van der Waals surface area contributed by atoms with Gasteiger partial charge in [-0.3, -0.25) is 4.79 Å². The van der Waals surface area contributed by atoms with Gasteiger partial charge in [0.1, 0.15) is 5.92 Å². The zero-order valence-electron chi connectivity index (χ0n) is 5.50. The summed E-state index contributed by atoms with van der Waals surface area (Å²) in [6, 6.07) is 0. The second-order valence-corrected chi connectivity index (χ2v) is 3.45. The van der Waals surface area contributed by atoms with Crippen LogP contribution in [-0.2, 0) is 4.79 Å². The number of halogens is 2. The Kier molecular flexibility index (Phi) is 2.13. The van der Waals surface area contributed by atoms with Crippen molar-refractivity contribution in [1.82, 2.24) is 0 Å². The summed E-state index contributed by atoms with van der Waals surface area (Å²) in [5.74, 6) is -2.31. The van der Waals surface area contributed by atoms with Gasteiger partial charge in [-0.15, -0.1) is 0 Å². The number of hydrogen-bond acceptors (Lipinski definition) is 1. The molecule has 4 heteroatoms. The van der Waals surface area contributed by atoms with Crippen LogP contribution >= 0.6 is 15.9 Å². The quantitative estimate of drug-likeness (QED) is 0.686. The van der Waals surface area contributed by atoms with E-state index in [1.54, 1.807) is 0 Å². The van der Waals surface area contributed by atoms with Gasteiger partial charge < -0.3 is 5.11 Å². The molecular formula is C7H6BrFO2. The maximum Gasteiger partial charge on any atom is 0.314 e. The van der Waals surface area contributed by atoms with E-state index in [1.165, 1.54) is 24.3 Å². The number of carboxylic acids is 1. The van der Waals surface area contributed by atoms with Crippen molar-refractivity contribution in [2.45, 2.75) is 4.58 Å². The number of carboxylic acid groups (broad SMARTS) is 1. The molecule has 0 radical (unpaired) electrons. The van der Waals surface area contributed by atoms with Crippen molar-refractivity contribution in [3.63, 3.8) is 0 Å². The van der Waals surface area contributed by atoms with Crippen LogP contribution in [0.1, 0.15) is 0 Å². The fourth-order valence-corrected chi connectivity index (χ4v) is 1.34. The van der Waals surface area contributed by atoms with E-state index < -0.39 is 16.5 Å². The first-order valence-electron chi connectivity index (χ1n) is 3.01. The van der Waals surface area contributed by atoms with Crippen LogP contribution in [0.3, 0.4) is 0 Å². The number of allylic oxidation sites excluding steroid dienone is 3. The van der Waals surface area contributed by atoms with Crippen LogP contribution in [0.25, 0.3) is 0 Å². The molecule has 2 atom stereocenters. The van der Waals surface area contributed by atoms with Gasteiger partial charge in [0.05, 0.1) is 0 Å². The molecule has 0 aliphatic heterocycles. The van der Waals surface area contributed by atoms with E-state index in [0.717, 1.165) is 0 Å². The first kappa shape index (κ1) is 8.46. The fourth-order valence-electron chi connectivity index (χ4n) is 0.838. The normalized spacial score (nSPS) is 35.6. The summed E-state index contributed by atoms with van der Waals surface area (Å²) in [7, 11) is 0. The lowest BCUT2D eigenvalue weighted by molar-refractivity contribution is -0.141. The summed E-state index contributed by atoms with van der Waals surface area (Å²) in [6.07, 6.45) is 5.45. The van der Waals surface area contributed by atoms with E-state index in [2.05, 4.69) is 15.9 Å². The number of carbonyl (C=O) groups is 1. The smallest absolute Gasteiger partial charge is 0.314 e. The molecule has 1 aliphatic rings. The summed E-state index contributed by atoms with van der Waals surface area (Å²) < 4.78 is 11.2. The zero-order chi connectivity index (χ0) is 8.48. The molecule has 0 amide bonds. The molecule has 2 nitrogen and oxygen atoms in total. The molecule has 0 aromatic heterocycles. The predicted octanol–water partition coefficient (Wildman–Crippen LogP) is 1.87. The first-order valence-corrected chi connectivity index (χ1v) is 3.80. The van der Waals surface area contributed by atoms with Gasteiger partial charge >= 0.3 is 5.97 Å². The monoisotopic (exact) mass is 220 g/mol. The SMILES string of the molecule is O=C(O)C1C=CC=CC1(F)Br. The molecule has 0 saturated carbocycles. The highest BCUT2D eigenvalue weighted by atomic mass is 79.9. The molecule has 0 aromatic carbocycles. The van der Waals surface area contributed by atoms with E-state index in [-0.39, 0.29) is 0 Å². The van der Waals surface area contributed by atoms with Crippen LogP contribution in [0.2, 0.25) is 0 Å². The molecule has 0 fully saturated rings. The highest BCUT2D eigenvalue weighted by Gasteiger charge is 2.38. The van der Waals surface area contributed by atoms with E-state index >= 15 is 0 Å². The van der Waals surface area contributed by atoms with E-state index in [0.29, 0.717) is 0 Å². The summed E-state index contributed by atoms with van der Waals surface area (Å²) >= 11 is 2.67. The molecule has 0 aromatic rings. The highest BCUT2D eigenvalue weighted by Crippen LogP contribution is 2.34. The Morgan fingerprint density at radius 1 is 1.64 bits per heavy atom. The van der Waals surface area contributed by atoms with Crippen LogP contribution in [0.5, 0.6) is 0 Å². The third kappa shape index (κ3) is 1.68. The van der Waals surface area contributed by atoms with Gasteiger partial charge in [-0.1, -0.05) is 18.2 Å². The van der Waals surface area contributed by atoms with Gasteiger partial charge in [-0.05, 0) is 22.0 Å². The molecule has 0 heterocycles. The van der Waals surface area contributed by atoms with Crippen molar-refractivity contribution in [2.24, 2.45) is 5.92 Å². The third-order valence-electron chi connectivity index (χ3n) is 1.41. The molecule has 0 spiro atoms. The van der Waals surface area contributed by atoms with Crippen molar-refractivity contribution in [3.05, 3.63) is 24.3 Å². The van der Waals surface area contributed by atoms with Gasteiger partial charge in [0.15, 0.2) is 4.58 Å². The molecule has 1 N–H and O–H groups in total. The van der Waals surface area contributed by atoms with Gasteiger partial charge in [0.2, 0.25) is 0 Å². The predicted molar refractivity (Wildman–Crippen MR) is 42.2 cm³/mol.